The Balaban J connectivity index is 0.728. The van der Waals surface area contributed by atoms with Gasteiger partial charge in [-0.25, -0.2) is 19.4 Å². The van der Waals surface area contributed by atoms with Crippen LogP contribution in [0.25, 0.3) is 0 Å². The number of aliphatic imine (C=N–C) groups is 1. The van der Waals surface area contributed by atoms with E-state index < -0.39 is 17.8 Å². The lowest BCUT2D eigenvalue weighted by Gasteiger charge is -2.41. The number of halogens is 2. The molecule has 10 rings (SSSR count). The molecule has 4 aliphatic heterocycles. The highest BCUT2D eigenvalue weighted by molar-refractivity contribution is 6.41. The number of aromatic nitrogens is 2. The van der Waals surface area contributed by atoms with Gasteiger partial charge in [-0.1, -0.05) is 62.1 Å². The van der Waals surface area contributed by atoms with Crippen LogP contribution >= 0.6 is 11.6 Å². The molecular formula is C55H71ClFN9O5. The van der Waals surface area contributed by atoms with Gasteiger partial charge >= 0.3 is 0 Å². The summed E-state index contributed by atoms with van der Waals surface area (Å²) in [7, 11) is 0. The maximum atomic E-state index is 16.3. The number of benzene rings is 2. The van der Waals surface area contributed by atoms with Crippen LogP contribution in [0.1, 0.15) is 141 Å². The first-order chi connectivity index (χ1) is 34.5. The summed E-state index contributed by atoms with van der Waals surface area (Å²) in [5.74, 6) is -0.172. The lowest BCUT2D eigenvalue weighted by Crippen LogP contribution is -2.53. The first-order valence-corrected chi connectivity index (χ1v) is 27.1. The van der Waals surface area contributed by atoms with Crippen molar-refractivity contribution in [1.82, 2.24) is 34.5 Å². The van der Waals surface area contributed by atoms with E-state index in [-0.39, 0.29) is 58.6 Å². The van der Waals surface area contributed by atoms with E-state index in [0.717, 1.165) is 126 Å². The lowest BCUT2D eigenvalue weighted by molar-refractivity contribution is -0.134. The summed E-state index contributed by atoms with van der Waals surface area (Å²) in [5.41, 5.74) is 3.35. The molecule has 71 heavy (non-hydrogen) atoms. The van der Waals surface area contributed by atoms with Gasteiger partial charge < -0.3 is 29.6 Å². The van der Waals surface area contributed by atoms with E-state index in [1.54, 1.807) is 18.5 Å². The van der Waals surface area contributed by atoms with Crippen molar-refractivity contribution in [3.8, 4) is 0 Å². The number of carbonyl (C=O) groups excluding carboxylic acids is 4. The molecule has 2 saturated carbocycles. The second-order valence-electron chi connectivity index (χ2n) is 21.6. The van der Waals surface area contributed by atoms with Crippen molar-refractivity contribution < 1.29 is 28.7 Å². The fourth-order valence-electron chi connectivity index (χ4n) is 12.5. The summed E-state index contributed by atoms with van der Waals surface area (Å²) in [4.78, 5) is 82.1. The van der Waals surface area contributed by atoms with Crippen LogP contribution in [0.5, 0.6) is 0 Å². The Labute approximate surface area is 423 Å². The molecule has 4 saturated heterocycles. The minimum atomic E-state index is -0.702. The number of anilines is 1. The molecule has 0 spiro atoms. The summed E-state index contributed by atoms with van der Waals surface area (Å²) in [6.45, 7) is 11.7. The largest absolute Gasteiger partial charge is 0.387 e. The van der Waals surface area contributed by atoms with Gasteiger partial charge in [0.15, 0.2) is 0 Å². The Hall–Kier alpha value is -4.83. The fourth-order valence-corrected chi connectivity index (χ4v) is 12.6. The number of piperidine rings is 2. The average molecular weight is 993 g/mol. The number of aliphatic hydroxyl groups is 1. The predicted molar refractivity (Wildman–Crippen MR) is 271 cm³/mol. The minimum Gasteiger partial charge on any atom is -0.387 e. The Kier molecular flexibility index (Phi) is 15.5. The van der Waals surface area contributed by atoms with Gasteiger partial charge in [-0.3, -0.25) is 24.1 Å². The van der Waals surface area contributed by atoms with Crippen LogP contribution < -0.4 is 4.90 Å². The van der Waals surface area contributed by atoms with Gasteiger partial charge in [-0.2, -0.15) is 0 Å². The summed E-state index contributed by atoms with van der Waals surface area (Å²) in [6.07, 6.45) is 11.7. The normalized spacial score (nSPS) is 24.8. The molecule has 6 fully saturated rings. The summed E-state index contributed by atoms with van der Waals surface area (Å²) in [5, 5.41) is 11.2. The van der Waals surface area contributed by atoms with Gasteiger partial charge in [-0.15, -0.1) is 0 Å². The molecule has 2 aromatic carbocycles. The van der Waals surface area contributed by atoms with Crippen LogP contribution in [-0.4, -0.2) is 161 Å². The van der Waals surface area contributed by atoms with Crippen molar-refractivity contribution >= 4 is 46.8 Å². The number of likely N-dealkylation sites (tertiary alicyclic amines) is 2. The second-order valence-corrected chi connectivity index (χ2v) is 22.1. The van der Waals surface area contributed by atoms with Crippen LogP contribution in [0, 0.1) is 23.6 Å². The third-order valence-electron chi connectivity index (χ3n) is 16.9. The molecule has 7 aliphatic rings. The molecular weight excluding hydrogens is 921 g/mol. The zero-order valence-electron chi connectivity index (χ0n) is 41.4. The summed E-state index contributed by atoms with van der Waals surface area (Å²) >= 11 is 6.32. The molecule has 4 amide bonds. The third kappa shape index (κ3) is 11.2. The van der Waals surface area contributed by atoms with Crippen molar-refractivity contribution in [3.63, 3.8) is 0 Å². The SMILES string of the molecule is C[C@@H]1C[C@@H](O)c2ncnc(N3CCN(C(=O)[C@H](CN4CCC(CN5CCN(C(=O)C(=NC(=O)c6cccc([C@@H]7CCCN(C(=O)C8CC8)C7)c6F)C6CCCCC6)CC5)CC4)c4ccc(Cl)cc4)CC3)c21. The molecule has 0 radical (unpaired) electrons. The molecule has 4 atom stereocenters. The number of piperazine rings is 2. The van der Waals surface area contributed by atoms with Crippen LogP contribution in [0.2, 0.25) is 5.02 Å². The Bertz CT molecular complexity index is 2440. The van der Waals surface area contributed by atoms with Crippen molar-refractivity contribution in [2.45, 2.75) is 108 Å². The van der Waals surface area contributed by atoms with Crippen LogP contribution in [0.3, 0.4) is 0 Å². The average Bonchev–Trinajstić information content (AvgIpc) is 4.22. The quantitative estimate of drug-likeness (QED) is 0.187. The molecule has 0 bridgehead atoms. The zero-order valence-corrected chi connectivity index (χ0v) is 42.2. The van der Waals surface area contributed by atoms with Crippen molar-refractivity contribution in [3.05, 3.63) is 87.6 Å². The van der Waals surface area contributed by atoms with Gasteiger partial charge in [0.05, 0.1) is 23.3 Å². The number of hydrogen-bond acceptors (Lipinski definition) is 10. The molecule has 1 N–H and O–H groups in total. The highest BCUT2D eigenvalue weighted by Crippen LogP contribution is 2.43. The summed E-state index contributed by atoms with van der Waals surface area (Å²) < 4.78 is 16.3. The Morgan fingerprint density at radius 2 is 1.48 bits per heavy atom. The number of hydrogen-bond donors (Lipinski definition) is 1. The highest BCUT2D eigenvalue weighted by Gasteiger charge is 2.39. The summed E-state index contributed by atoms with van der Waals surface area (Å²) in [6, 6.07) is 12.6. The predicted octanol–water partition coefficient (Wildman–Crippen LogP) is 7.08. The maximum absolute atomic E-state index is 16.3. The number of rotatable bonds is 12. The third-order valence-corrected chi connectivity index (χ3v) is 17.1. The van der Waals surface area contributed by atoms with E-state index in [0.29, 0.717) is 81.8 Å². The van der Waals surface area contributed by atoms with E-state index >= 15 is 4.39 Å². The number of carbonyl (C=O) groups is 4. The highest BCUT2D eigenvalue weighted by atomic mass is 35.5. The van der Waals surface area contributed by atoms with E-state index in [2.05, 4.69) is 36.6 Å². The number of aliphatic hydroxyl groups excluding tert-OH is 1. The van der Waals surface area contributed by atoms with E-state index in [4.69, 9.17) is 11.6 Å². The van der Waals surface area contributed by atoms with Gasteiger partial charge in [0.1, 0.15) is 23.7 Å². The van der Waals surface area contributed by atoms with E-state index in [1.165, 1.54) is 6.07 Å². The monoisotopic (exact) mass is 992 g/mol. The molecule has 0 unspecified atom stereocenters. The lowest BCUT2D eigenvalue weighted by atomic mass is 9.85. The molecule has 5 heterocycles. The van der Waals surface area contributed by atoms with Crippen LogP contribution in [-0.2, 0) is 14.4 Å². The van der Waals surface area contributed by atoms with Gasteiger partial charge in [0, 0.05) is 107 Å². The van der Waals surface area contributed by atoms with Gasteiger partial charge in [-0.05, 0) is 112 Å². The number of amides is 4. The Morgan fingerprint density at radius 3 is 2.20 bits per heavy atom. The molecule has 14 nitrogen and oxygen atoms in total. The van der Waals surface area contributed by atoms with E-state index in [1.807, 2.05) is 39.0 Å². The van der Waals surface area contributed by atoms with Crippen molar-refractivity contribution in [2.75, 3.05) is 96.5 Å². The fraction of sp³-hybridized carbons (Fsp3) is 0.618. The maximum Gasteiger partial charge on any atom is 0.280 e. The van der Waals surface area contributed by atoms with Crippen molar-refractivity contribution in [2.24, 2.45) is 22.7 Å². The standard InChI is InChI=1S/C55H71ClFN9O5/c1-36-31-46(67)50-47(36)51(59-35-58-50)63-27-29-64(30-28-63)54(70)45(38-14-16-42(56)17-15-38)34-61-21-18-37(19-22-61)32-62-23-25-65(26-24-62)55(71)49(39-7-3-2-4-8-39)60-52(68)44-11-5-10-43(48(44)57)41-9-6-20-66(33-41)53(69)40-12-13-40/h5,10-11,14-17,35-37,39-41,45-46,67H,2-4,6-9,12-13,18-34H2,1H3/t36-,41-,45-,46-/m1/s1. The zero-order chi connectivity index (χ0) is 49.2. The first-order valence-electron chi connectivity index (χ1n) is 26.7. The molecule has 3 aromatic rings. The van der Waals surface area contributed by atoms with Gasteiger partial charge in [0.2, 0.25) is 11.8 Å². The number of fused-ring (bicyclic) bond motifs is 1. The van der Waals surface area contributed by atoms with E-state index in [9.17, 15) is 24.3 Å². The van der Waals surface area contributed by atoms with Gasteiger partial charge in [0.25, 0.3) is 11.8 Å². The smallest absolute Gasteiger partial charge is 0.280 e. The Morgan fingerprint density at radius 1 is 0.761 bits per heavy atom. The number of nitrogens with zero attached hydrogens (tertiary/aromatic N) is 9. The topological polar surface area (TPSA) is 146 Å². The minimum absolute atomic E-state index is 0.105. The second kappa shape index (κ2) is 22.1. The van der Waals surface area contributed by atoms with Crippen LogP contribution in [0.4, 0.5) is 10.2 Å². The molecule has 380 valence electrons. The molecule has 3 aliphatic carbocycles. The molecule has 1 aromatic heterocycles. The first kappa shape index (κ1) is 49.7. The molecule has 16 heteroatoms. The van der Waals surface area contributed by atoms with Crippen LogP contribution in [0.15, 0.2) is 53.8 Å². The van der Waals surface area contributed by atoms with Crippen molar-refractivity contribution in [1.29, 1.82) is 0 Å².